The highest BCUT2D eigenvalue weighted by Crippen LogP contribution is 2.33. The van der Waals surface area contributed by atoms with Crippen molar-refractivity contribution in [2.24, 2.45) is 11.3 Å². The van der Waals surface area contributed by atoms with Gasteiger partial charge in [0.15, 0.2) is 0 Å². The van der Waals surface area contributed by atoms with Crippen molar-refractivity contribution in [1.29, 1.82) is 0 Å². The number of carbonyl (C=O) groups is 1. The van der Waals surface area contributed by atoms with Crippen LogP contribution in [0.25, 0.3) is 0 Å². The Morgan fingerprint density at radius 1 is 1.22 bits per heavy atom. The number of rotatable bonds is 3. The molecule has 0 radical (unpaired) electrons. The summed E-state index contributed by atoms with van der Waals surface area (Å²) in [5, 5.41) is 3.37. The molecule has 1 amide bonds. The number of hydrogen-bond donors (Lipinski definition) is 1. The maximum absolute atomic E-state index is 12.1. The molecular formula is C15H30N2O. The van der Waals surface area contributed by atoms with Crippen LogP contribution >= 0.6 is 0 Å². The minimum Gasteiger partial charge on any atom is -0.342 e. The molecule has 3 nitrogen and oxygen atoms in total. The summed E-state index contributed by atoms with van der Waals surface area (Å²) in [6.07, 6.45) is 1.77. The van der Waals surface area contributed by atoms with Crippen LogP contribution in [-0.4, -0.2) is 36.0 Å². The molecule has 3 heteroatoms. The zero-order valence-corrected chi connectivity index (χ0v) is 13.0. The third-order valence-corrected chi connectivity index (χ3v) is 3.76. The second kappa shape index (κ2) is 5.60. The Labute approximate surface area is 112 Å². The molecule has 18 heavy (non-hydrogen) atoms. The van der Waals surface area contributed by atoms with E-state index in [1.165, 1.54) is 0 Å². The fourth-order valence-corrected chi connectivity index (χ4v) is 2.40. The molecule has 0 aliphatic carbocycles. The minimum absolute atomic E-state index is 0.0965. The monoisotopic (exact) mass is 254 g/mol. The molecule has 0 aromatic carbocycles. The Balaban J connectivity index is 2.32. The molecule has 1 aliphatic heterocycles. The largest absolute Gasteiger partial charge is 0.342 e. The van der Waals surface area contributed by atoms with E-state index < -0.39 is 0 Å². The van der Waals surface area contributed by atoms with Crippen LogP contribution in [0.15, 0.2) is 0 Å². The molecule has 1 aliphatic rings. The third kappa shape index (κ3) is 4.97. The van der Waals surface area contributed by atoms with Gasteiger partial charge in [0.05, 0.1) is 0 Å². The van der Waals surface area contributed by atoms with E-state index in [4.69, 9.17) is 0 Å². The average Bonchev–Trinajstić information content (AvgIpc) is 2.62. The lowest BCUT2D eigenvalue weighted by Gasteiger charge is -2.27. The van der Waals surface area contributed by atoms with Crippen molar-refractivity contribution in [3.8, 4) is 0 Å². The van der Waals surface area contributed by atoms with Gasteiger partial charge in [-0.3, -0.25) is 4.79 Å². The summed E-state index contributed by atoms with van der Waals surface area (Å²) < 4.78 is 0. The lowest BCUT2D eigenvalue weighted by Crippen LogP contribution is -2.39. The van der Waals surface area contributed by atoms with Crippen LogP contribution in [0.1, 0.15) is 54.4 Å². The van der Waals surface area contributed by atoms with Gasteiger partial charge in [0.25, 0.3) is 0 Å². The molecule has 1 heterocycles. The molecule has 0 aromatic rings. The molecule has 1 N–H and O–H groups in total. The first-order valence-electron chi connectivity index (χ1n) is 7.12. The van der Waals surface area contributed by atoms with Crippen LogP contribution in [0, 0.1) is 11.3 Å². The van der Waals surface area contributed by atoms with Crippen molar-refractivity contribution >= 4 is 5.91 Å². The standard InChI is InChI=1S/C15H30N2O/c1-14(2,3)12-8-10-17(11-12)13(18)7-9-16-15(4,5)6/h12,16H,7-11H2,1-6H3. The van der Waals surface area contributed by atoms with E-state index in [2.05, 4.69) is 46.9 Å². The van der Waals surface area contributed by atoms with E-state index >= 15 is 0 Å². The normalized spacial score (nSPS) is 21.4. The summed E-state index contributed by atoms with van der Waals surface area (Å²) in [6.45, 7) is 15.9. The van der Waals surface area contributed by atoms with E-state index in [0.29, 0.717) is 23.7 Å². The molecule has 106 valence electrons. The van der Waals surface area contributed by atoms with Crippen molar-refractivity contribution in [2.45, 2.75) is 59.9 Å². The quantitative estimate of drug-likeness (QED) is 0.840. The molecule has 1 fully saturated rings. The summed E-state index contributed by atoms with van der Waals surface area (Å²) in [5.74, 6) is 0.954. The van der Waals surface area contributed by atoms with Crippen LogP contribution < -0.4 is 5.32 Å². The molecule has 0 aromatic heterocycles. The molecular weight excluding hydrogens is 224 g/mol. The Bertz CT molecular complexity index is 286. The Morgan fingerprint density at radius 3 is 2.28 bits per heavy atom. The second-order valence-corrected chi connectivity index (χ2v) is 7.62. The first kappa shape index (κ1) is 15.5. The number of nitrogens with zero attached hydrogens (tertiary/aromatic N) is 1. The van der Waals surface area contributed by atoms with Gasteiger partial charge in [-0.25, -0.2) is 0 Å². The maximum Gasteiger partial charge on any atom is 0.223 e. The van der Waals surface area contributed by atoms with Crippen LogP contribution in [0.3, 0.4) is 0 Å². The number of amides is 1. The van der Waals surface area contributed by atoms with Crippen molar-refractivity contribution < 1.29 is 4.79 Å². The fraction of sp³-hybridized carbons (Fsp3) is 0.933. The van der Waals surface area contributed by atoms with Gasteiger partial charge < -0.3 is 10.2 Å². The number of carbonyl (C=O) groups excluding carboxylic acids is 1. The lowest BCUT2D eigenvalue weighted by molar-refractivity contribution is -0.130. The smallest absolute Gasteiger partial charge is 0.223 e. The Morgan fingerprint density at radius 2 is 1.83 bits per heavy atom. The Hall–Kier alpha value is -0.570. The van der Waals surface area contributed by atoms with Crippen molar-refractivity contribution in [2.75, 3.05) is 19.6 Å². The van der Waals surface area contributed by atoms with Gasteiger partial charge in [-0.05, 0) is 38.5 Å². The topological polar surface area (TPSA) is 32.3 Å². The van der Waals surface area contributed by atoms with Crippen molar-refractivity contribution in [1.82, 2.24) is 10.2 Å². The van der Waals surface area contributed by atoms with E-state index in [0.717, 1.165) is 26.1 Å². The van der Waals surface area contributed by atoms with Gasteiger partial charge in [0.2, 0.25) is 5.91 Å². The summed E-state index contributed by atoms with van der Waals surface area (Å²) >= 11 is 0. The van der Waals surface area contributed by atoms with Crippen molar-refractivity contribution in [3.63, 3.8) is 0 Å². The van der Waals surface area contributed by atoms with Gasteiger partial charge in [0.1, 0.15) is 0 Å². The maximum atomic E-state index is 12.1. The third-order valence-electron chi connectivity index (χ3n) is 3.76. The van der Waals surface area contributed by atoms with Crippen LogP contribution in [-0.2, 0) is 4.79 Å². The minimum atomic E-state index is 0.0965. The first-order valence-corrected chi connectivity index (χ1v) is 7.12. The van der Waals surface area contributed by atoms with E-state index in [-0.39, 0.29) is 5.54 Å². The van der Waals surface area contributed by atoms with E-state index in [9.17, 15) is 4.79 Å². The Kier molecular flexibility index (Phi) is 4.82. The zero-order valence-electron chi connectivity index (χ0n) is 13.0. The van der Waals surface area contributed by atoms with Gasteiger partial charge in [-0.2, -0.15) is 0 Å². The lowest BCUT2D eigenvalue weighted by atomic mass is 9.80. The summed E-state index contributed by atoms with van der Waals surface area (Å²) in [5.41, 5.74) is 0.415. The SMILES string of the molecule is CC(C)(C)NCCC(=O)N1CCC(C(C)(C)C)C1. The highest BCUT2D eigenvalue weighted by molar-refractivity contribution is 5.76. The highest BCUT2D eigenvalue weighted by Gasteiger charge is 2.33. The summed E-state index contributed by atoms with van der Waals surface area (Å²) in [4.78, 5) is 14.1. The van der Waals surface area contributed by atoms with Gasteiger partial charge in [-0.15, -0.1) is 0 Å². The molecule has 1 rings (SSSR count). The number of hydrogen-bond acceptors (Lipinski definition) is 2. The molecule has 0 bridgehead atoms. The number of nitrogens with one attached hydrogen (secondary N) is 1. The van der Waals surface area contributed by atoms with E-state index in [1.807, 2.05) is 4.90 Å². The fourth-order valence-electron chi connectivity index (χ4n) is 2.40. The van der Waals surface area contributed by atoms with E-state index in [1.54, 1.807) is 0 Å². The first-order chi connectivity index (χ1) is 8.09. The van der Waals surface area contributed by atoms with Gasteiger partial charge in [-0.1, -0.05) is 20.8 Å². The van der Waals surface area contributed by atoms with Crippen LogP contribution in [0.5, 0.6) is 0 Å². The molecule has 1 atom stereocenters. The number of likely N-dealkylation sites (tertiary alicyclic amines) is 1. The molecule has 0 spiro atoms. The molecule has 1 saturated heterocycles. The summed E-state index contributed by atoms with van der Waals surface area (Å²) in [7, 11) is 0. The predicted molar refractivity (Wildman–Crippen MR) is 76.5 cm³/mol. The van der Waals surface area contributed by atoms with Crippen LogP contribution in [0.4, 0.5) is 0 Å². The van der Waals surface area contributed by atoms with Gasteiger partial charge in [0, 0.05) is 31.6 Å². The highest BCUT2D eigenvalue weighted by atomic mass is 16.2. The zero-order chi connectivity index (χ0) is 14.0. The average molecular weight is 254 g/mol. The van der Waals surface area contributed by atoms with Crippen LogP contribution in [0.2, 0.25) is 0 Å². The summed E-state index contributed by atoms with van der Waals surface area (Å²) in [6, 6.07) is 0. The molecule has 1 unspecified atom stereocenters. The molecule has 0 saturated carbocycles. The van der Waals surface area contributed by atoms with Gasteiger partial charge >= 0.3 is 0 Å². The van der Waals surface area contributed by atoms with Crippen molar-refractivity contribution in [3.05, 3.63) is 0 Å². The second-order valence-electron chi connectivity index (χ2n) is 7.62. The predicted octanol–water partition coefficient (Wildman–Crippen LogP) is 2.66.